The SMILES string of the molecule is C=C(C)C#N.CCCC(=O)O. The van der Waals surface area contributed by atoms with Crippen LogP contribution in [0, 0.1) is 11.3 Å². The highest BCUT2D eigenvalue weighted by Crippen LogP contribution is 1.82. The number of nitrogens with zero attached hydrogens (tertiary/aromatic N) is 1. The molecule has 0 atom stereocenters. The first kappa shape index (κ1) is 12.4. The van der Waals surface area contributed by atoms with E-state index in [0.717, 1.165) is 6.42 Å². The first-order chi connectivity index (χ1) is 5.04. The maximum Gasteiger partial charge on any atom is 0.303 e. The molecule has 0 aromatic carbocycles. The molecule has 0 saturated heterocycles. The van der Waals surface area contributed by atoms with Gasteiger partial charge in [-0.15, -0.1) is 0 Å². The van der Waals surface area contributed by atoms with E-state index < -0.39 is 5.97 Å². The van der Waals surface area contributed by atoms with Gasteiger partial charge in [-0.2, -0.15) is 5.26 Å². The topological polar surface area (TPSA) is 61.1 Å². The molecule has 3 heteroatoms. The van der Waals surface area contributed by atoms with Crippen LogP contribution in [0.2, 0.25) is 0 Å². The number of hydrogen-bond donors (Lipinski definition) is 1. The highest BCUT2D eigenvalue weighted by molar-refractivity contribution is 5.66. The Labute approximate surface area is 67.0 Å². The molecule has 3 nitrogen and oxygen atoms in total. The van der Waals surface area contributed by atoms with Gasteiger partial charge in [-0.25, -0.2) is 0 Å². The van der Waals surface area contributed by atoms with E-state index in [1.54, 1.807) is 6.92 Å². The van der Waals surface area contributed by atoms with E-state index in [0.29, 0.717) is 12.0 Å². The molecular weight excluding hydrogens is 142 g/mol. The number of nitriles is 1. The van der Waals surface area contributed by atoms with Crippen molar-refractivity contribution in [1.82, 2.24) is 0 Å². The van der Waals surface area contributed by atoms with Crippen LogP contribution in [0.25, 0.3) is 0 Å². The Kier molecular flexibility index (Phi) is 9.79. The standard InChI is InChI=1S/C4H5N.C4H8O2/c1-4(2)3-5;1-2-3-4(5)6/h1H2,2H3;2-3H2,1H3,(H,5,6). The van der Waals surface area contributed by atoms with E-state index in [4.69, 9.17) is 10.4 Å². The average Bonchev–Trinajstić information content (AvgIpc) is 1.89. The summed E-state index contributed by atoms with van der Waals surface area (Å²) in [5, 5.41) is 15.7. The Morgan fingerprint density at radius 3 is 2.09 bits per heavy atom. The fourth-order valence-corrected chi connectivity index (χ4v) is 0.214. The van der Waals surface area contributed by atoms with Crippen LogP contribution >= 0.6 is 0 Å². The third kappa shape index (κ3) is 28.5. The highest BCUT2D eigenvalue weighted by Gasteiger charge is 1.87. The van der Waals surface area contributed by atoms with E-state index in [1.807, 2.05) is 13.0 Å². The molecular formula is C8H13NO2. The van der Waals surface area contributed by atoms with Crippen molar-refractivity contribution in [2.24, 2.45) is 0 Å². The quantitative estimate of drug-likeness (QED) is 0.620. The van der Waals surface area contributed by atoms with Crippen LogP contribution < -0.4 is 0 Å². The molecule has 0 aromatic rings. The van der Waals surface area contributed by atoms with Crippen molar-refractivity contribution in [3.8, 4) is 6.07 Å². The largest absolute Gasteiger partial charge is 0.481 e. The molecule has 0 aliphatic heterocycles. The van der Waals surface area contributed by atoms with Crippen molar-refractivity contribution in [3.63, 3.8) is 0 Å². The van der Waals surface area contributed by atoms with E-state index in [9.17, 15) is 4.79 Å². The van der Waals surface area contributed by atoms with Crippen LogP contribution in [0.1, 0.15) is 26.7 Å². The summed E-state index contributed by atoms with van der Waals surface area (Å²) in [4.78, 5) is 9.60. The number of aliphatic carboxylic acids is 1. The molecule has 0 aliphatic rings. The Morgan fingerprint density at radius 2 is 2.09 bits per heavy atom. The molecule has 0 spiro atoms. The molecule has 1 N–H and O–H groups in total. The van der Waals surface area contributed by atoms with Crippen molar-refractivity contribution in [2.75, 3.05) is 0 Å². The zero-order valence-electron chi connectivity index (χ0n) is 6.92. The van der Waals surface area contributed by atoms with Gasteiger partial charge in [0, 0.05) is 12.0 Å². The van der Waals surface area contributed by atoms with E-state index in [2.05, 4.69) is 6.58 Å². The molecule has 0 heterocycles. The fourth-order valence-electron chi connectivity index (χ4n) is 0.214. The summed E-state index contributed by atoms with van der Waals surface area (Å²) < 4.78 is 0. The lowest BCUT2D eigenvalue weighted by molar-refractivity contribution is -0.137. The number of allylic oxidation sites excluding steroid dienone is 1. The monoisotopic (exact) mass is 155 g/mol. The Balaban J connectivity index is 0. The lowest BCUT2D eigenvalue weighted by atomic mass is 10.4. The summed E-state index contributed by atoms with van der Waals surface area (Å²) >= 11 is 0. The predicted octanol–water partition coefficient (Wildman–Crippen LogP) is 1.96. The fraction of sp³-hybridized carbons (Fsp3) is 0.500. The minimum atomic E-state index is -0.711. The van der Waals surface area contributed by atoms with Crippen molar-refractivity contribution in [3.05, 3.63) is 12.2 Å². The number of rotatable bonds is 2. The smallest absolute Gasteiger partial charge is 0.303 e. The van der Waals surface area contributed by atoms with Crippen LogP contribution in [-0.4, -0.2) is 11.1 Å². The maximum atomic E-state index is 9.60. The third-order valence-electron chi connectivity index (χ3n) is 0.655. The zero-order chi connectivity index (χ0) is 9.28. The molecule has 0 rings (SSSR count). The average molecular weight is 155 g/mol. The van der Waals surface area contributed by atoms with Gasteiger partial charge >= 0.3 is 5.97 Å². The first-order valence-electron chi connectivity index (χ1n) is 3.32. The molecule has 0 bridgehead atoms. The molecule has 0 amide bonds. The predicted molar refractivity (Wildman–Crippen MR) is 43.0 cm³/mol. The van der Waals surface area contributed by atoms with Crippen LogP contribution in [-0.2, 0) is 4.79 Å². The number of carboxylic acids is 1. The van der Waals surface area contributed by atoms with Gasteiger partial charge in [0.05, 0.1) is 6.07 Å². The van der Waals surface area contributed by atoms with Gasteiger partial charge in [0.15, 0.2) is 0 Å². The maximum absolute atomic E-state index is 9.60. The highest BCUT2D eigenvalue weighted by atomic mass is 16.4. The van der Waals surface area contributed by atoms with Gasteiger partial charge in [-0.3, -0.25) is 4.79 Å². The summed E-state index contributed by atoms with van der Waals surface area (Å²) in [7, 11) is 0. The van der Waals surface area contributed by atoms with Gasteiger partial charge < -0.3 is 5.11 Å². The van der Waals surface area contributed by atoms with Crippen molar-refractivity contribution >= 4 is 5.97 Å². The Hall–Kier alpha value is -1.30. The molecule has 0 unspecified atom stereocenters. The summed E-state index contributed by atoms with van der Waals surface area (Å²) in [6.07, 6.45) is 1.02. The van der Waals surface area contributed by atoms with E-state index >= 15 is 0 Å². The third-order valence-corrected chi connectivity index (χ3v) is 0.655. The molecule has 0 radical (unpaired) electrons. The van der Waals surface area contributed by atoms with Gasteiger partial charge in [-0.05, 0) is 13.3 Å². The van der Waals surface area contributed by atoms with Gasteiger partial charge in [0.1, 0.15) is 0 Å². The molecule has 11 heavy (non-hydrogen) atoms. The van der Waals surface area contributed by atoms with E-state index in [1.165, 1.54) is 0 Å². The molecule has 0 saturated carbocycles. The van der Waals surface area contributed by atoms with Crippen molar-refractivity contribution in [2.45, 2.75) is 26.7 Å². The van der Waals surface area contributed by atoms with Gasteiger partial charge in [0.2, 0.25) is 0 Å². The Bertz CT molecular complexity index is 167. The Morgan fingerprint density at radius 1 is 1.73 bits per heavy atom. The first-order valence-corrected chi connectivity index (χ1v) is 3.32. The van der Waals surface area contributed by atoms with Crippen LogP contribution in [0.3, 0.4) is 0 Å². The molecule has 62 valence electrons. The van der Waals surface area contributed by atoms with Crippen LogP contribution in [0.4, 0.5) is 0 Å². The van der Waals surface area contributed by atoms with Crippen LogP contribution in [0.15, 0.2) is 12.2 Å². The van der Waals surface area contributed by atoms with Gasteiger partial charge in [0.25, 0.3) is 0 Å². The zero-order valence-corrected chi connectivity index (χ0v) is 6.92. The lowest BCUT2D eigenvalue weighted by Crippen LogP contribution is -1.90. The lowest BCUT2D eigenvalue weighted by Gasteiger charge is -1.79. The number of carbonyl (C=O) groups is 1. The second-order valence-corrected chi connectivity index (χ2v) is 2.04. The number of hydrogen-bond acceptors (Lipinski definition) is 2. The summed E-state index contributed by atoms with van der Waals surface area (Å²) in [5.41, 5.74) is 0.560. The molecule has 0 aromatic heterocycles. The summed E-state index contributed by atoms with van der Waals surface area (Å²) in [6, 6.07) is 1.83. The van der Waals surface area contributed by atoms with E-state index in [-0.39, 0.29) is 0 Å². The normalized spacial score (nSPS) is 7.00. The minimum absolute atomic E-state index is 0.292. The molecule has 0 aliphatic carbocycles. The van der Waals surface area contributed by atoms with Crippen LogP contribution in [0.5, 0.6) is 0 Å². The van der Waals surface area contributed by atoms with Crippen molar-refractivity contribution < 1.29 is 9.90 Å². The summed E-state index contributed by atoms with van der Waals surface area (Å²) in [6.45, 7) is 6.82. The van der Waals surface area contributed by atoms with Crippen molar-refractivity contribution in [1.29, 1.82) is 5.26 Å². The van der Waals surface area contributed by atoms with Gasteiger partial charge in [-0.1, -0.05) is 13.5 Å². The second-order valence-electron chi connectivity index (χ2n) is 2.04. The second kappa shape index (κ2) is 8.70. The summed E-state index contributed by atoms with van der Waals surface area (Å²) in [5.74, 6) is -0.711. The molecule has 0 fully saturated rings. The number of carboxylic acid groups (broad SMARTS) is 1. The minimum Gasteiger partial charge on any atom is -0.481 e.